The van der Waals surface area contributed by atoms with E-state index < -0.39 is 0 Å². The predicted molar refractivity (Wildman–Crippen MR) is 123 cm³/mol. The summed E-state index contributed by atoms with van der Waals surface area (Å²) in [6, 6.07) is 3.84. The lowest BCUT2D eigenvalue weighted by Crippen LogP contribution is -2.22. The second kappa shape index (κ2) is 8.97. The molecular weight excluding hydrogens is 402 g/mol. The van der Waals surface area contributed by atoms with Crippen molar-refractivity contribution in [2.75, 3.05) is 5.75 Å². The van der Waals surface area contributed by atoms with Crippen molar-refractivity contribution in [2.45, 2.75) is 45.4 Å². The molecule has 0 fully saturated rings. The van der Waals surface area contributed by atoms with Gasteiger partial charge in [-0.25, -0.2) is 4.98 Å². The zero-order chi connectivity index (χ0) is 21.1. The number of fused-ring (bicyclic) bond motifs is 1. The van der Waals surface area contributed by atoms with Crippen LogP contribution in [0.3, 0.4) is 0 Å². The molecule has 0 bridgehead atoms. The molecule has 3 heterocycles. The van der Waals surface area contributed by atoms with Crippen LogP contribution in [0.1, 0.15) is 33.5 Å². The van der Waals surface area contributed by atoms with E-state index in [1.807, 2.05) is 32.1 Å². The third kappa shape index (κ3) is 4.16. The first kappa shape index (κ1) is 21.3. The molecule has 0 aliphatic heterocycles. The molecule has 5 nitrogen and oxygen atoms in total. The molecule has 0 aliphatic rings. The highest BCUT2D eigenvalue weighted by atomic mass is 32.2. The summed E-state index contributed by atoms with van der Waals surface area (Å²) >= 11 is 2.84. The van der Waals surface area contributed by atoms with E-state index in [2.05, 4.69) is 29.6 Å². The largest absolute Gasteiger partial charge is 0.345 e. The van der Waals surface area contributed by atoms with Gasteiger partial charge in [0.2, 0.25) is 0 Å². The quantitative estimate of drug-likeness (QED) is 0.213. The van der Waals surface area contributed by atoms with Gasteiger partial charge in [0, 0.05) is 34.9 Å². The molecule has 0 aromatic carbocycles. The van der Waals surface area contributed by atoms with E-state index >= 15 is 0 Å². The second-order valence-corrected chi connectivity index (χ2v) is 8.84. The van der Waals surface area contributed by atoms with Gasteiger partial charge in [0.05, 0.1) is 11.1 Å². The molecule has 0 saturated heterocycles. The number of thiophene rings is 1. The minimum atomic E-state index is -0.0787. The fraction of sp³-hybridized carbons (Fsp3) is 0.318. The molecule has 7 heteroatoms. The summed E-state index contributed by atoms with van der Waals surface area (Å²) in [5.74, 6) is 0.248. The van der Waals surface area contributed by atoms with Gasteiger partial charge >= 0.3 is 0 Å². The van der Waals surface area contributed by atoms with Crippen LogP contribution in [0.5, 0.6) is 0 Å². The summed E-state index contributed by atoms with van der Waals surface area (Å²) in [6.45, 7) is 14.6. The third-order valence-electron chi connectivity index (χ3n) is 4.85. The number of hydrogen-bond donors (Lipinski definition) is 0. The van der Waals surface area contributed by atoms with E-state index in [9.17, 15) is 9.59 Å². The normalized spacial score (nSPS) is 11.1. The van der Waals surface area contributed by atoms with E-state index in [-0.39, 0.29) is 17.1 Å². The van der Waals surface area contributed by atoms with Gasteiger partial charge in [0.25, 0.3) is 5.56 Å². The fourth-order valence-corrected chi connectivity index (χ4v) is 5.22. The number of allylic oxidation sites excluding steroid dienone is 2. The second-order valence-electron chi connectivity index (χ2n) is 6.78. The number of ketones is 1. The molecule has 0 spiro atoms. The van der Waals surface area contributed by atoms with E-state index in [1.165, 1.54) is 23.1 Å². The van der Waals surface area contributed by atoms with Crippen molar-refractivity contribution in [1.82, 2.24) is 14.1 Å². The number of aryl methyl sites for hydroxylation is 2. The zero-order valence-corrected chi connectivity index (χ0v) is 18.7. The van der Waals surface area contributed by atoms with Crippen LogP contribution >= 0.6 is 23.1 Å². The Morgan fingerprint density at radius 2 is 1.90 bits per heavy atom. The Balaban J connectivity index is 1.92. The van der Waals surface area contributed by atoms with Crippen LogP contribution in [-0.2, 0) is 19.5 Å². The molecular formula is C22H25N3O2S2. The summed E-state index contributed by atoms with van der Waals surface area (Å²) in [4.78, 5) is 32.4. The van der Waals surface area contributed by atoms with Crippen molar-refractivity contribution >= 4 is 39.1 Å². The fourth-order valence-electron chi connectivity index (χ4n) is 3.32. The van der Waals surface area contributed by atoms with Crippen LogP contribution in [0.25, 0.3) is 10.2 Å². The van der Waals surface area contributed by atoms with E-state index in [4.69, 9.17) is 0 Å². The number of nitrogens with zero attached hydrogens (tertiary/aromatic N) is 3. The van der Waals surface area contributed by atoms with Gasteiger partial charge in [-0.1, -0.05) is 30.8 Å². The molecule has 0 N–H and O–H groups in total. The average Bonchev–Trinajstić information content (AvgIpc) is 3.25. The van der Waals surface area contributed by atoms with Crippen LogP contribution in [-0.4, -0.2) is 25.7 Å². The molecule has 0 atom stereocenters. The van der Waals surface area contributed by atoms with Crippen molar-refractivity contribution in [2.24, 2.45) is 0 Å². The molecule has 29 heavy (non-hydrogen) atoms. The van der Waals surface area contributed by atoms with Crippen molar-refractivity contribution < 1.29 is 4.79 Å². The minimum Gasteiger partial charge on any atom is -0.345 e. The maximum atomic E-state index is 12.9. The van der Waals surface area contributed by atoms with Gasteiger partial charge in [0.1, 0.15) is 4.83 Å². The Morgan fingerprint density at radius 1 is 1.21 bits per heavy atom. The number of hydrogen-bond acceptors (Lipinski definition) is 5. The number of aromatic nitrogens is 3. The average molecular weight is 428 g/mol. The maximum absolute atomic E-state index is 12.9. The lowest BCUT2D eigenvalue weighted by Gasteiger charge is -2.10. The molecule has 0 unspecified atom stereocenters. The Kier molecular flexibility index (Phi) is 6.59. The van der Waals surface area contributed by atoms with E-state index in [1.54, 1.807) is 10.6 Å². The summed E-state index contributed by atoms with van der Waals surface area (Å²) in [5, 5.41) is 1.19. The van der Waals surface area contributed by atoms with Gasteiger partial charge in [-0.2, -0.15) is 0 Å². The molecule has 3 rings (SSSR count). The molecule has 0 aliphatic carbocycles. The zero-order valence-electron chi connectivity index (χ0n) is 17.0. The standard InChI is InChI=1S/C22H25N3O2S2/c1-6-9-24-14(4)11-17(15(24)5)19(26)13-28-22-23-20-18(12-16(8-3)29-20)21(27)25(22)10-7-2/h6-7,11-12H,1-2,8-10,13H2,3-5H3. The van der Waals surface area contributed by atoms with E-state index in [0.29, 0.717) is 29.2 Å². The first-order valence-corrected chi connectivity index (χ1v) is 11.3. The molecule has 3 aromatic rings. The topological polar surface area (TPSA) is 56.9 Å². The van der Waals surface area contributed by atoms with Crippen molar-refractivity contribution in [3.8, 4) is 0 Å². The van der Waals surface area contributed by atoms with Crippen molar-refractivity contribution in [3.63, 3.8) is 0 Å². The highest BCUT2D eigenvalue weighted by molar-refractivity contribution is 7.99. The lowest BCUT2D eigenvalue weighted by molar-refractivity contribution is 0.102. The van der Waals surface area contributed by atoms with Crippen molar-refractivity contribution in [3.05, 3.63) is 69.6 Å². The van der Waals surface area contributed by atoms with Crippen LogP contribution in [0.15, 0.2) is 47.4 Å². The Hall–Kier alpha value is -2.38. The third-order valence-corrected chi connectivity index (χ3v) is 7.00. The van der Waals surface area contributed by atoms with Gasteiger partial charge in [-0.05, 0) is 32.4 Å². The summed E-state index contributed by atoms with van der Waals surface area (Å²) in [7, 11) is 0. The highest BCUT2D eigenvalue weighted by Crippen LogP contribution is 2.26. The van der Waals surface area contributed by atoms with Gasteiger partial charge < -0.3 is 4.57 Å². The Labute approximate surface area is 178 Å². The van der Waals surface area contributed by atoms with Crippen LogP contribution < -0.4 is 5.56 Å². The Bertz CT molecular complexity index is 1150. The lowest BCUT2D eigenvalue weighted by atomic mass is 10.2. The summed E-state index contributed by atoms with van der Waals surface area (Å²) in [5.41, 5.74) is 2.60. The first-order chi connectivity index (χ1) is 13.9. The number of thioether (sulfide) groups is 1. The minimum absolute atomic E-state index is 0.0262. The number of carbonyl (C=O) groups excluding carboxylic acids is 1. The number of rotatable bonds is 9. The molecule has 0 saturated carbocycles. The predicted octanol–water partition coefficient (Wildman–Crippen LogP) is 4.79. The first-order valence-electron chi connectivity index (χ1n) is 9.49. The van der Waals surface area contributed by atoms with E-state index in [0.717, 1.165) is 27.5 Å². The van der Waals surface area contributed by atoms with Gasteiger partial charge in [0.15, 0.2) is 10.9 Å². The SMILES string of the molecule is C=CCn1c(C)cc(C(=O)CSc2nc3sc(CC)cc3c(=O)n2CC=C)c1C. The van der Waals surface area contributed by atoms with Crippen LogP contribution in [0, 0.1) is 13.8 Å². The molecule has 0 amide bonds. The highest BCUT2D eigenvalue weighted by Gasteiger charge is 2.18. The molecule has 0 radical (unpaired) electrons. The smallest absolute Gasteiger partial charge is 0.263 e. The van der Waals surface area contributed by atoms with Crippen LogP contribution in [0.2, 0.25) is 0 Å². The number of carbonyl (C=O) groups is 1. The monoisotopic (exact) mass is 427 g/mol. The maximum Gasteiger partial charge on any atom is 0.263 e. The number of Topliss-reactive ketones (excluding diaryl/α,β-unsaturated/α-hetero) is 1. The van der Waals surface area contributed by atoms with Gasteiger partial charge in [-0.3, -0.25) is 14.2 Å². The van der Waals surface area contributed by atoms with Crippen LogP contribution in [0.4, 0.5) is 0 Å². The Morgan fingerprint density at radius 3 is 2.55 bits per heavy atom. The van der Waals surface area contributed by atoms with Gasteiger partial charge in [-0.15, -0.1) is 24.5 Å². The summed E-state index contributed by atoms with van der Waals surface area (Å²) in [6.07, 6.45) is 4.36. The molecule has 152 valence electrons. The van der Waals surface area contributed by atoms with Crippen molar-refractivity contribution in [1.29, 1.82) is 0 Å². The summed E-state index contributed by atoms with van der Waals surface area (Å²) < 4.78 is 3.67. The molecule has 3 aromatic heterocycles.